The number of nitrogens with two attached hydrogens (primary N) is 1. The number of hydrogen-bond donors (Lipinski definition) is 1. The zero-order valence-corrected chi connectivity index (χ0v) is 10.8. The molecular formula is C14H27NO. The Morgan fingerprint density at radius 1 is 1.31 bits per heavy atom. The van der Waals surface area contributed by atoms with Crippen molar-refractivity contribution in [3.63, 3.8) is 0 Å². The minimum absolute atomic E-state index is 0.388. The van der Waals surface area contributed by atoms with Crippen LogP contribution in [-0.4, -0.2) is 19.8 Å². The van der Waals surface area contributed by atoms with Crippen LogP contribution in [0.1, 0.15) is 45.4 Å². The number of methoxy groups -OCH3 is 1. The van der Waals surface area contributed by atoms with Crippen LogP contribution >= 0.6 is 0 Å². The standard InChI is InChI=1S/C14H27NO/c1-10(5-6-16-2)14(15)9-13-8-11-3-4-12(13)7-11/h10-14H,3-9,15H2,1-2H3. The first-order chi connectivity index (χ1) is 7.70. The third kappa shape index (κ3) is 2.78. The van der Waals surface area contributed by atoms with Crippen molar-refractivity contribution in [2.75, 3.05) is 13.7 Å². The Hall–Kier alpha value is -0.0800. The first kappa shape index (κ1) is 12.4. The van der Waals surface area contributed by atoms with Crippen LogP contribution in [0.3, 0.4) is 0 Å². The van der Waals surface area contributed by atoms with Crippen molar-refractivity contribution < 1.29 is 4.74 Å². The Balaban J connectivity index is 1.72. The Bertz CT molecular complexity index is 219. The third-order valence-electron chi connectivity index (χ3n) is 4.97. The lowest BCUT2D eigenvalue weighted by atomic mass is 9.81. The largest absolute Gasteiger partial charge is 0.385 e. The van der Waals surface area contributed by atoms with Gasteiger partial charge in [-0.3, -0.25) is 0 Å². The molecule has 5 atom stereocenters. The number of ether oxygens (including phenoxy) is 1. The van der Waals surface area contributed by atoms with E-state index in [4.69, 9.17) is 10.5 Å². The number of rotatable bonds is 6. The van der Waals surface area contributed by atoms with Crippen molar-refractivity contribution in [3.8, 4) is 0 Å². The zero-order valence-electron chi connectivity index (χ0n) is 10.8. The summed E-state index contributed by atoms with van der Waals surface area (Å²) < 4.78 is 5.13. The average Bonchev–Trinajstić information content (AvgIpc) is 2.87. The second kappa shape index (κ2) is 5.50. The van der Waals surface area contributed by atoms with Crippen molar-refractivity contribution in [2.45, 2.75) is 51.5 Å². The van der Waals surface area contributed by atoms with E-state index in [1.165, 1.54) is 32.1 Å². The maximum Gasteiger partial charge on any atom is 0.0465 e. The summed E-state index contributed by atoms with van der Waals surface area (Å²) in [5, 5.41) is 0. The molecule has 0 aromatic heterocycles. The molecule has 2 fully saturated rings. The van der Waals surface area contributed by atoms with Gasteiger partial charge in [0, 0.05) is 19.8 Å². The van der Waals surface area contributed by atoms with E-state index in [9.17, 15) is 0 Å². The first-order valence-corrected chi connectivity index (χ1v) is 6.95. The van der Waals surface area contributed by atoms with Gasteiger partial charge >= 0.3 is 0 Å². The molecule has 0 spiro atoms. The van der Waals surface area contributed by atoms with E-state index >= 15 is 0 Å². The molecule has 2 heteroatoms. The molecule has 2 N–H and O–H groups in total. The molecule has 2 aliphatic rings. The van der Waals surface area contributed by atoms with E-state index in [2.05, 4.69) is 6.92 Å². The fraction of sp³-hybridized carbons (Fsp3) is 1.00. The van der Waals surface area contributed by atoms with Crippen LogP contribution in [0, 0.1) is 23.7 Å². The summed E-state index contributed by atoms with van der Waals surface area (Å²) in [6.45, 7) is 3.13. The quantitative estimate of drug-likeness (QED) is 0.754. The molecule has 0 heterocycles. The maximum absolute atomic E-state index is 6.31. The fourth-order valence-corrected chi connectivity index (χ4v) is 3.76. The van der Waals surface area contributed by atoms with E-state index in [-0.39, 0.29) is 0 Å². The molecule has 0 amide bonds. The molecule has 2 aliphatic carbocycles. The van der Waals surface area contributed by atoms with Crippen molar-refractivity contribution in [1.82, 2.24) is 0 Å². The average molecular weight is 225 g/mol. The molecule has 2 saturated carbocycles. The maximum atomic E-state index is 6.31. The molecule has 2 rings (SSSR count). The zero-order chi connectivity index (χ0) is 11.5. The molecule has 2 nitrogen and oxygen atoms in total. The monoisotopic (exact) mass is 225 g/mol. The molecule has 0 aliphatic heterocycles. The normalized spacial score (nSPS) is 36.6. The highest BCUT2D eigenvalue weighted by Gasteiger charge is 2.40. The molecule has 16 heavy (non-hydrogen) atoms. The third-order valence-corrected chi connectivity index (χ3v) is 4.97. The molecule has 0 saturated heterocycles. The van der Waals surface area contributed by atoms with Gasteiger partial charge in [0.05, 0.1) is 0 Å². The minimum Gasteiger partial charge on any atom is -0.385 e. The lowest BCUT2D eigenvalue weighted by Crippen LogP contribution is -2.32. The Kier molecular flexibility index (Phi) is 4.26. The van der Waals surface area contributed by atoms with Gasteiger partial charge in [-0.25, -0.2) is 0 Å². The van der Waals surface area contributed by atoms with E-state index in [0.717, 1.165) is 30.8 Å². The molecule has 0 aromatic carbocycles. The fourth-order valence-electron chi connectivity index (χ4n) is 3.76. The van der Waals surface area contributed by atoms with Crippen LogP contribution < -0.4 is 5.73 Å². The van der Waals surface area contributed by atoms with Crippen LogP contribution in [0.4, 0.5) is 0 Å². The summed E-state index contributed by atoms with van der Waals surface area (Å²) in [7, 11) is 1.77. The molecule has 0 aromatic rings. The smallest absolute Gasteiger partial charge is 0.0465 e. The van der Waals surface area contributed by atoms with Crippen LogP contribution in [0.25, 0.3) is 0 Å². The first-order valence-electron chi connectivity index (χ1n) is 6.95. The van der Waals surface area contributed by atoms with Crippen molar-refractivity contribution in [2.24, 2.45) is 29.4 Å². The van der Waals surface area contributed by atoms with Crippen LogP contribution in [-0.2, 0) is 4.74 Å². The highest BCUT2D eigenvalue weighted by atomic mass is 16.5. The van der Waals surface area contributed by atoms with Gasteiger partial charge in [0.25, 0.3) is 0 Å². The van der Waals surface area contributed by atoms with Crippen LogP contribution in [0.15, 0.2) is 0 Å². The lowest BCUT2D eigenvalue weighted by molar-refractivity contribution is 0.167. The molecule has 5 unspecified atom stereocenters. The molecule has 0 radical (unpaired) electrons. The van der Waals surface area contributed by atoms with E-state index in [1.807, 2.05) is 0 Å². The summed E-state index contributed by atoms with van der Waals surface area (Å²) in [6, 6.07) is 0.388. The predicted molar refractivity (Wildman–Crippen MR) is 67.2 cm³/mol. The number of fused-ring (bicyclic) bond motifs is 2. The van der Waals surface area contributed by atoms with Gasteiger partial charge in [-0.2, -0.15) is 0 Å². The summed E-state index contributed by atoms with van der Waals surface area (Å²) in [4.78, 5) is 0. The second-order valence-electron chi connectivity index (χ2n) is 6.09. The summed E-state index contributed by atoms with van der Waals surface area (Å²) >= 11 is 0. The Morgan fingerprint density at radius 2 is 2.12 bits per heavy atom. The lowest BCUT2D eigenvalue weighted by Gasteiger charge is -2.27. The second-order valence-corrected chi connectivity index (χ2v) is 6.09. The van der Waals surface area contributed by atoms with Crippen molar-refractivity contribution in [3.05, 3.63) is 0 Å². The van der Waals surface area contributed by atoms with Gasteiger partial charge in [-0.1, -0.05) is 13.3 Å². The molecular weight excluding hydrogens is 198 g/mol. The predicted octanol–water partition coefficient (Wildman–Crippen LogP) is 2.81. The topological polar surface area (TPSA) is 35.2 Å². The SMILES string of the molecule is COCCC(C)C(N)CC1CC2CCC1C2. The molecule has 94 valence electrons. The van der Waals surface area contributed by atoms with Gasteiger partial charge in [0.1, 0.15) is 0 Å². The Labute approximate surface area is 99.9 Å². The van der Waals surface area contributed by atoms with Gasteiger partial charge in [-0.15, -0.1) is 0 Å². The minimum atomic E-state index is 0.388. The summed E-state index contributed by atoms with van der Waals surface area (Å²) in [6.07, 6.45) is 8.31. The highest BCUT2D eigenvalue weighted by Crippen LogP contribution is 2.50. The van der Waals surface area contributed by atoms with Gasteiger partial charge in [-0.05, 0) is 55.8 Å². The van der Waals surface area contributed by atoms with Crippen LogP contribution in [0.2, 0.25) is 0 Å². The van der Waals surface area contributed by atoms with E-state index < -0.39 is 0 Å². The van der Waals surface area contributed by atoms with Crippen LogP contribution in [0.5, 0.6) is 0 Å². The van der Waals surface area contributed by atoms with E-state index in [1.54, 1.807) is 7.11 Å². The van der Waals surface area contributed by atoms with Crippen molar-refractivity contribution >= 4 is 0 Å². The van der Waals surface area contributed by atoms with Gasteiger partial charge in [0.15, 0.2) is 0 Å². The van der Waals surface area contributed by atoms with Crippen molar-refractivity contribution in [1.29, 1.82) is 0 Å². The summed E-state index contributed by atoms with van der Waals surface area (Å²) in [5.74, 6) is 3.62. The summed E-state index contributed by atoms with van der Waals surface area (Å²) in [5.41, 5.74) is 6.31. The van der Waals surface area contributed by atoms with E-state index in [0.29, 0.717) is 12.0 Å². The Morgan fingerprint density at radius 3 is 2.69 bits per heavy atom. The number of hydrogen-bond acceptors (Lipinski definition) is 2. The van der Waals surface area contributed by atoms with Gasteiger partial charge < -0.3 is 10.5 Å². The molecule has 2 bridgehead atoms. The highest BCUT2D eigenvalue weighted by molar-refractivity contribution is 4.91. The van der Waals surface area contributed by atoms with Gasteiger partial charge in [0.2, 0.25) is 0 Å².